The lowest BCUT2D eigenvalue weighted by atomic mass is 10.1. The molecule has 0 aromatic heterocycles. The Hall–Kier alpha value is -3.75. The Morgan fingerprint density at radius 3 is 2.30 bits per heavy atom. The maximum atomic E-state index is 13.6. The maximum absolute atomic E-state index is 13.6. The van der Waals surface area contributed by atoms with Crippen LogP contribution in [0.3, 0.4) is 0 Å². The van der Waals surface area contributed by atoms with Crippen LogP contribution in [0, 0.1) is 5.82 Å². The van der Waals surface area contributed by atoms with E-state index in [1.807, 2.05) is 36.4 Å². The molecule has 4 rings (SSSR count). The third-order valence-corrected chi connectivity index (χ3v) is 6.45. The fourth-order valence-corrected chi connectivity index (χ4v) is 4.32. The first-order valence-corrected chi connectivity index (χ1v) is 12.2. The predicted octanol–water partition coefficient (Wildman–Crippen LogP) is 4.34. The molecule has 8 heteroatoms. The van der Waals surface area contributed by atoms with Crippen molar-refractivity contribution in [2.45, 2.75) is 12.7 Å². The van der Waals surface area contributed by atoms with Gasteiger partial charge in [0.15, 0.2) is 0 Å². The van der Waals surface area contributed by atoms with Crippen molar-refractivity contribution in [1.82, 2.24) is 9.80 Å². The van der Waals surface area contributed by atoms with Gasteiger partial charge in [-0.05, 0) is 53.6 Å². The Bertz CT molecular complexity index is 1210. The molecule has 0 bridgehead atoms. The molecule has 1 aliphatic rings. The average molecular weight is 507 g/mol. The summed E-state index contributed by atoms with van der Waals surface area (Å²) in [5.41, 5.74) is 2.78. The van der Waals surface area contributed by atoms with E-state index in [1.54, 1.807) is 36.3 Å². The normalized spacial score (nSPS) is 14.7. The van der Waals surface area contributed by atoms with Crippen molar-refractivity contribution in [3.8, 4) is 5.75 Å². The lowest BCUT2D eigenvalue weighted by molar-refractivity contribution is 0.00331. The number of carbonyl (C=O) groups is 2. The van der Waals surface area contributed by atoms with Crippen LogP contribution in [-0.4, -0.2) is 68.6 Å². The van der Waals surface area contributed by atoms with Crippen molar-refractivity contribution in [3.05, 3.63) is 101 Å². The molecule has 1 unspecified atom stereocenters. The van der Waals surface area contributed by atoms with Crippen LogP contribution in [0.15, 0.2) is 72.8 Å². The van der Waals surface area contributed by atoms with Crippen molar-refractivity contribution in [1.29, 1.82) is 0 Å². The van der Waals surface area contributed by atoms with Crippen LogP contribution in [0.25, 0.3) is 0 Å². The highest BCUT2D eigenvalue weighted by molar-refractivity contribution is 5.94. The summed E-state index contributed by atoms with van der Waals surface area (Å²) in [5.74, 6) is -0.200. The maximum Gasteiger partial charge on any atom is 0.337 e. The minimum atomic E-state index is -0.414. The second-order valence-electron chi connectivity index (χ2n) is 8.87. The number of rotatable bonds is 9. The molecule has 1 aliphatic heterocycles. The Kier molecular flexibility index (Phi) is 8.87. The van der Waals surface area contributed by atoms with Crippen LogP contribution < -0.4 is 4.74 Å². The molecule has 3 aromatic carbocycles. The average Bonchev–Trinajstić information content (AvgIpc) is 2.95. The summed E-state index contributed by atoms with van der Waals surface area (Å²) in [6.07, 6.45) is -0.235. The molecule has 0 saturated carbocycles. The zero-order valence-corrected chi connectivity index (χ0v) is 21.1. The SMILES string of the molecule is COC(=O)c1ccc(COC(CN2CCN(C(=O)c3cccc(F)c3)CC2)c2cccc(OC)c2)cc1. The molecule has 1 saturated heterocycles. The molecule has 0 spiro atoms. The third kappa shape index (κ3) is 6.93. The molecule has 1 amide bonds. The summed E-state index contributed by atoms with van der Waals surface area (Å²) in [7, 11) is 2.99. The minimum absolute atomic E-state index is 0.157. The number of piperazine rings is 1. The summed E-state index contributed by atoms with van der Waals surface area (Å²) in [4.78, 5) is 28.5. The molecule has 7 nitrogen and oxygen atoms in total. The molecule has 1 heterocycles. The second kappa shape index (κ2) is 12.5. The van der Waals surface area contributed by atoms with E-state index in [-0.39, 0.29) is 18.0 Å². The number of ether oxygens (including phenoxy) is 3. The Balaban J connectivity index is 1.40. The molecule has 194 valence electrons. The first kappa shape index (κ1) is 26.3. The number of hydrogen-bond donors (Lipinski definition) is 0. The van der Waals surface area contributed by atoms with Crippen LogP contribution in [0.2, 0.25) is 0 Å². The fourth-order valence-electron chi connectivity index (χ4n) is 4.32. The Morgan fingerprint density at radius 1 is 0.892 bits per heavy atom. The molecule has 0 radical (unpaired) electrons. The van der Waals surface area contributed by atoms with Gasteiger partial charge in [0.25, 0.3) is 5.91 Å². The summed E-state index contributed by atoms with van der Waals surface area (Å²) >= 11 is 0. The summed E-state index contributed by atoms with van der Waals surface area (Å²) in [6, 6.07) is 20.8. The third-order valence-electron chi connectivity index (χ3n) is 6.45. The summed E-state index contributed by atoms with van der Waals surface area (Å²) in [6.45, 7) is 3.46. The van der Waals surface area contributed by atoms with Gasteiger partial charge in [-0.15, -0.1) is 0 Å². The molecule has 1 fully saturated rings. The monoisotopic (exact) mass is 506 g/mol. The molecular formula is C29H31FN2O5. The number of hydrogen-bond acceptors (Lipinski definition) is 6. The number of esters is 1. The largest absolute Gasteiger partial charge is 0.497 e. The highest BCUT2D eigenvalue weighted by Gasteiger charge is 2.25. The van der Waals surface area contributed by atoms with E-state index in [0.29, 0.717) is 50.5 Å². The minimum Gasteiger partial charge on any atom is -0.497 e. The standard InChI is InChI=1S/C29H31FN2O5/c1-35-26-8-4-5-23(18-26)27(37-20-21-9-11-22(12-10-21)29(34)36-2)19-31-13-15-32(16-14-31)28(33)24-6-3-7-25(30)17-24/h3-12,17-18,27H,13-16,19-20H2,1-2H3. The van der Waals surface area contributed by atoms with Gasteiger partial charge in [-0.25, -0.2) is 9.18 Å². The zero-order valence-electron chi connectivity index (χ0n) is 21.1. The van der Waals surface area contributed by atoms with Gasteiger partial charge in [0.2, 0.25) is 0 Å². The van der Waals surface area contributed by atoms with E-state index in [9.17, 15) is 14.0 Å². The van der Waals surface area contributed by atoms with Gasteiger partial charge in [-0.1, -0.05) is 30.3 Å². The van der Waals surface area contributed by atoms with E-state index >= 15 is 0 Å². The molecule has 1 atom stereocenters. The topological polar surface area (TPSA) is 68.3 Å². The number of methoxy groups -OCH3 is 2. The predicted molar refractivity (Wildman–Crippen MR) is 137 cm³/mol. The molecular weight excluding hydrogens is 475 g/mol. The van der Waals surface area contributed by atoms with Gasteiger partial charge in [0, 0.05) is 38.3 Å². The van der Waals surface area contributed by atoms with E-state index in [1.165, 1.54) is 19.2 Å². The van der Waals surface area contributed by atoms with Gasteiger partial charge in [-0.3, -0.25) is 9.69 Å². The van der Waals surface area contributed by atoms with Gasteiger partial charge in [-0.2, -0.15) is 0 Å². The first-order valence-electron chi connectivity index (χ1n) is 12.2. The van der Waals surface area contributed by atoms with E-state index in [4.69, 9.17) is 14.2 Å². The van der Waals surface area contributed by atoms with Crippen molar-refractivity contribution >= 4 is 11.9 Å². The molecule has 0 aliphatic carbocycles. The van der Waals surface area contributed by atoms with Gasteiger partial charge >= 0.3 is 5.97 Å². The Morgan fingerprint density at radius 2 is 1.62 bits per heavy atom. The van der Waals surface area contributed by atoms with E-state index in [2.05, 4.69) is 4.90 Å². The van der Waals surface area contributed by atoms with Crippen LogP contribution in [0.4, 0.5) is 4.39 Å². The van der Waals surface area contributed by atoms with Crippen LogP contribution in [-0.2, 0) is 16.1 Å². The summed E-state index contributed by atoms with van der Waals surface area (Å²) < 4.78 is 30.1. The molecule has 37 heavy (non-hydrogen) atoms. The summed E-state index contributed by atoms with van der Waals surface area (Å²) in [5, 5.41) is 0. The van der Waals surface area contributed by atoms with Crippen molar-refractivity contribution in [3.63, 3.8) is 0 Å². The fraction of sp³-hybridized carbons (Fsp3) is 0.310. The quantitative estimate of drug-likeness (QED) is 0.403. The molecule has 0 N–H and O–H groups in total. The second-order valence-corrected chi connectivity index (χ2v) is 8.87. The van der Waals surface area contributed by atoms with E-state index in [0.717, 1.165) is 16.9 Å². The first-order chi connectivity index (χ1) is 18.0. The van der Waals surface area contributed by atoms with Crippen LogP contribution in [0.5, 0.6) is 5.75 Å². The van der Waals surface area contributed by atoms with Crippen molar-refractivity contribution in [2.75, 3.05) is 46.9 Å². The van der Waals surface area contributed by atoms with Crippen LogP contribution in [0.1, 0.15) is 37.9 Å². The number of nitrogens with zero attached hydrogens (tertiary/aromatic N) is 2. The number of amides is 1. The van der Waals surface area contributed by atoms with E-state index < -0.39 is 5.82 Å². The number of carbonyl (C=O) groups excluding carboxylic acids is 2. The zero-order chi connectivity index (χ0) is 26.2. The highest BCUT2D eigenvalue weighted by atomic mass is 19.1. The lowest BCUT2D eigenvalue weighted by Crippen LogP contribution is -2.49. The van der Waals surface area contributed by atoms with Gasteiger partial charge in [0.1, 0.15) is 11.6 Å². The number of halogens is 1. The lowest BCUT2D eigenvalue weighted by Gasteiger charge is -2.36. The number of benzene rings is 3. The molecule has 3 aromatic rings. The van der Waals surface area contributed by atoms with Crippen LogP contribution >= 0.6 is 0 Å². The smallest absolute Gasteiger partial charge is 0.337 e. The van der Waals surface area contributed by atoms with Gasteiger partial charge in [0.05, 0.1) is 32.5 Å². The van der Waals surface area contributed by atoms with Crippen molar-refractivity contribution in [2.24, 2.45) is 0 Å². The van der Waals surface area contributed by atoms with Crippen molar-refractivity contribution < 1.29 is 28.2 Å². The highest BCUT2D eigenvalue weighted by Crippen LogP contribution is 2.25. The van der Waals surface area contributed by atoms with Gasteiger partial charge < -0.3 is 19.1 Å². The Labute approximate surface area is 216 Å².